The molecule has 0 saturated carbocycles. The minimum Gasteiger partial charge on any atom is -0.480 e. The standard InChI is InChI=1S/C17H23FN2O4/c1-11(7-12-5-3-4-6-13(12)18)17(24)20-8-14(15(21)9-20)19(2)10-16(22)23/h3-6,11,14-15,21H,7-10H2,1-2H3,(H,22,23)/t11?,14?,15-/m1/s1. The van der Waals surface area contributed by atoms with Crippen molar-refractivity contribution in [1.82, 2.24) is 9.80 Å². The van der Waals surface area contributed by atoms with Gasteiger partial charge in [-0.15, -0.1) is 0 Å². The van der Waals surface area contributed by atoms with Gasteiger partial charge in [0.1, 0.15) is 5.82 Å². The van der Waals surface area contributed by atoms with Crippen molar-refractivity contribution in [3.05, 3.63) is 35.6 Å². The predicted octanol–water partition coefficient (Wildman–Crippen LogP) is 0.592. The van der Waals surface area contributed by atoms with Crippen LogP contribution in [0.1, 0.15) is 12.5 Å². The molecule has 0 aromatic heterocycles. The molecule has 1 aromatic rings. The maximum atomic E-state index is 13.7. The first-order chi connectivity index (χ1) is 11.3. The van der Waals surface area contributed by atoms with E-state index in [1.807, 2.05) is 0 Å². The van der Waals surface area contributed by atoms with Crippen LogP contribution < -0.4 is 0 Å². The highest BCUT2D eigenvalue weighted by atomic mass is 19.1. The molecule has 1 amide bonds. The van der Waals surface area contributed by atoms with Gasteiger partial charge in [-0.2, -0.15) is 0 Å². The third kappa shape index (κ3) is 4.30. The van der Waals surface area contributed by atoms with E-state index in [-0.39, 0.29) is 37.8 Å². The number of β-amino-alcohol motifs (C(OH)–C–C–N with tert-alkyl or cyclic N) is 1. The number of carboxylic acid groups (broad SMARTS) is 1. The van der Waals surface area contributed by atoms with Crippen molar-refractivity contribution in [3.63, 3.8) is 0 Å². The SMILES string of the molecule is CC(Cc1ccccc1F)C(=O)N1CC(N(C)CC(=O)O)[C@H](O)C1. The molecule has 6 nitrogen and oxygen atoms in total. The van der Waals surface area contributed by atoms with Crippen LogP contribution in [-0.4, -0.2) is 70.7 Å². The highest BCUT2D eigenvalue weighted by Gasteiger charge is 2.38. The number of rotatable bonds is 6. The molecular weight excluding hydrogens is 315 g/mol. The number of carbonyl (C=O) groups excluding carboxylic acids is 1. The Hall–Kier alpha value is -1.99. The molecule has 1 aliphatic heterocycles. The van der Waals surface area contributed by atoms with Gasteiger partial charge in [-0.25, -0.2) is 4.39 Å². The van der Waals surface area contributed by atoms with E-state index in [1.54, 1.807) is 32.2 Å². The van der Waals surface area contributed by atoms with E-state index in [1.165, 1.54) is 15.9 Å². The number of aliphatic carboxylic acids is 1. The van der Waals surface area contributed by atoms with Crippen molar-refractivity contribution in [2.24, 2.45) is 5.92 Å². The third-order valence-corrected chi connectivity index (χ3v) is 4.43. The smallest absolute Gasteiger partial charge is 0.317 e. The molecule has 24 heavy (non-hydrogen) atoms. The number of nitrogens with zero attached hydrogens (tertiary/aromatic N) is 2. The van der Waals surface area contributed by atoms with Gasteiger partial charge >= 0.3 is 5.97 Å². The number of aliphatic hydroxyl groups excluding tert-OH is 1. The van der Waals surface area contributed by atoms with E-state index in [0.717, 1.165) is 0 Å². The van der Waals surface area contributed by atoms with Crippen LogP contribution in [0.15, 0.2) is 24.3 Å². The molecule has 0 spiro atoms. The Labute approximate surface area is 140 Å². The fourth-order valence-electron chi connectivity index (χ4n) is 3.11. The van der Waals surface area contributed by atoms with Crippen LogP contribution >= 0.6 is 0 Å². The molecule has 3 atom stereocenters. The van der Waals surface area contributed by atoms with Gasteiger partial charge in [0.15, 0.2) is 0 Å². The molecule has 2 rings (SSSR count). The fourth-order valence-corrected chi connectivity index (χ4v) is 3.11. The molecule has 1 saturated heterocycles. The quantitative estimate of drug-likeness (QED) is 0.794. The zero-order chi connectivity index (χ0) is 17.9. The molecule has 0 bridgehead atoms. The van der Waals surface area contributed by atoms with Crippen LogP contribution in [-0.2, 0) is 16.0 Å². The van der Waals surface area contributed by atoms with Crippen LogP contribution in [0.4, 0.5) is 4.39 Å². The number of benzene rings is 1. The zero-order valence-electron chi connectivity index (χ0n) is 13.9. The second-order valence-corrected chi connectivity index (χ2v) is 6.38. The van der Waals surface area contributed by atoms with Crippen LogP contribution in [0.25, 0.3) is 0 Å². The Morgan fingerprint density at radius 1 is 1.38 bits per heavy atom. The predicted molar refractivity (Wildman–Crippen MR) is 85.9 cm³/mol. The lowest BCUT2D eigenvalue weighted by Crippen LogP contribution is -2.43. The average Bonchev–Trinajstić information content (AvgIpc) is 2.90. The van der Waals surface area contributed by atoms with Gasteiger partial charge in [0.2, 0.25) is 5.91 Å². The summed E-state index contributed by atoms with van der Waals surface area (Å²) >= 11 is 0. The van der Waals surface area contributed by atoms with Crippen LogP contribution in [0, 0.1) is 11.7 Å². The zero-order valence-corrected chi connectivity index (χ0v) is 13.9. The minimum atomic E-state index is -0.984. The number of carbonyl (C=O) groups is 2. The molecule has 1 heterocycles. The second-order valence-electron chi connectivity index (χ2n) is 6.38. The van der Waals surface area contributed by atoms with Gasteiger partial charge in [-0.05, 0) is 25.1 Å². The van der Waals surface area contributed by atoms with E-state index in [2.05, 4.69) is 0 Å². The summed E-state index contributed by atoms with van der Waals surface area (Å²) in [6.07, 6.45) is -0.507. The van der Waals surface area contributed by atoms with Crippen molar-refractivity contribution in [1.29, 1.82) is 0 Å². The Kier molecular flexibility index (Phi) is 5.90. The summed E-state index contributed by atoms with van der Waals surface area (Å²) in [5.74, 6) is -1.90. The molecule has 2 N–H and O–H groups in total. The largest absolute Gasteiger partial charge is 0.480 e. The van der Waals surface area contributed by atoms with Crippen molar-refractivity contribution in [2.45, 2.75) is 25.5 Å². The molecule has 1 fully saturated rings. The van der Waals surface area contributed by atoms with Crippen LogP contribution in [0.5, 0.6) is 0 Å². The van der Waals surface area contributed by atoms with Gasteiger partial charge in [-0.3, -0.25) is 14.5 Å². The van der Waals surface area contributed by atoms with Crippen molar-refractivity contribution in [2.75, 3.05) is 26.7 Å². The average molecular weight is 338 g/mol. The number of halogens is 1. The first-order valence-corrected chi connectivity index (χ1v) is 7.92. The first kappa shape index (κ1) is 18.4. The Morgan fingerprint density at radius 3 is 2.67 bits per heavy atom. The highest BCUT2D eigenvalue weighted by molar-refractivity contribution is 5.79. The number of hydrogen-bond donors (Lipinski definition) is 2. The Balaban J connectivity index is 1.97. The summed E-state index contributed by atoms with van der Waals surface area (Å²) in [5.41, 5.74) is 0.484. The Morgan fingerprint density at radius 2 is 2.04 bits per heavy atom. The Bertz CT molecular complexity index is 610. The highest BCUT2D eigenvalue weighted by Crippen LogP contribution is 2.20. The maximum Gasteiger partial charge on any atom is 0.317 e. The van der Waals surface area contributed by atoms with E-state index in [0.29, 0.717) is 5.56 Å². The number of hydrogen-bond acceptors (Lipinski definition) is 4. The molecular formula is C17H23FN2O4. The van der Waals surface area contributed by atoms with Crippen LogP contribution in [0.3, 0.4) is 0 Å². The number of carboxylic acids is 1. The monoisotopic (exact) mass is 338 g/mol. The van der Waals surface area contributed by atoms with Gasteiger partial charge in [-0.1, -0.05) is 25.1 Å². The third-order valence-electron chi connectivity index (χ3n) is 4.43. The van der Waals surface area contributed by atoms with Crippen molar-refractivity contribution in [3.8, 4) is 0 Å². The van der Waals surface area contributed by atoms with E-state index < -0.39 is 24.0 Å². The lowest BCUT2D eigenvalue weighted by atomic mass is 9.99. The molecule has 1 aromatic carbocycles. The molecule has 0 radical (unpaired) electrons. The number of likely N-dealkylation sites (tertiary alicyclic amines) is 1. The number of amides is 1. The summed E-state index contributed by atoms with van der Waals surface area (Å²) in [5, 5.41) is 19.0. The fraction of sp³-hybridized carbons (Fsp3) is 0.529. The summed E-state index contributed by atoms with van der Waals surface area (Å²) in [6.45, 7) is 1.96. The van der Waals surface area contributed by atoms with Crippen molar-refractivity contribution < 1.29 is 24.2 Å². The van der Waals surface area contributed by atoms with E-state index in [4.69, 9.17) is 5.11 Å². The van der Waals surface area contributed by atoms with E-state index in [9.17, 15) is 19.1 Å². The summed E-state index contributed by atoms with van der Waals surface area (Å²) in [6, 6.07) is 5.94. The lowest BCUT2D eigenvalue weighted by molar-refractivity contribution is -0.138. The molecule has 1 aliphatic rings. The molecule has 0 aliphatic carbocycles. The normalized spacial score (nSPS) is 22.0. The van der Waals surface area contributed by atoms with Gasteiger partial charge in [0, 0.05) is 19.0 Å². The van der Waals surface area contributed by atoms with Gasteiger partial charge in [0.25, 0.3) is 0 Å². The minimum absolute atomic E-state index is 0.162. The first-order valence-electron chi connectivity index (χ1n) is 7.92. The molecule has 2 unspecified atom stereocenters. The number of likely N-dealkylation sites (N-methyl/N-ethyl adjacent to an activating group) is 1. The summed E-state index contributed by atoms with van der Waals surface area (Å²) < 4.78 is 13.7. The summed E-state index contributed by atoms with van der Waals surface area (Å²) in [7, 11) is 1.61. The molecule has 132 valence electrons. The second kappa shape index (κ2) is 7.72. The number of aliphatic hydroxyl groups is 1. The molecule has 7 heteroatoms. The van der Waals surface area contributed by atoms with Gasteiger partial charge < -0.3 is 15.1 Å². The van der Waals surface area contributed by atoms with E-state index >= 15 is 0 Å². The lowest BCUT2D eigenvalue weighted by Gasteiger charge is -2.25. The topological polar surface area (TPSA) is 81.1 Å². The van der Waals surface area contributed by atoms with Gasteiger partial charge in [0.05, 0.1) is 18.7 Å². The van der Waals surface area contributed by atoms with Crippen LogP contribution in [0.2, 0.25) is 0 Å². The van der Waals surface area contributed by atoms with Crippen molar-refractivity contribution >= 4 is 11.9 Å². The maximum absolute atomic E-state index is 13.7. The summed E-state index contributed by atoms with van der Waals surface area (Å²) in [4.78, 5) is 26.4.